The van der Waals surface area contributed by atoms with Crippen LogP contribution in [0.1, 0.15) is 13.3 Å². The molecule has 1 saturated heterocycles. The molecule has 2 rings (SSSR count). The number of likely N-dealkylation sites (tertiary alicyclic amines) is 1. The molecule has 1 aromatic rings. The summed E-state index contributed by atoms with van der Waals surface area (Å²) < 4.78 is 6.44. The zero-order valence-electron chi connectivity index (χ0n) is 12.0. The molecule has 1 aromatic heterocycles. The zero-order chi connectivity index (χ0) is 15.4. The second-order valence-corrected chi connectivity index (χ2v) is 4.80. The fourth-order valence-electron chi connectivity index (χ4n) is 2.15. The molecule has 8 nitrogen and oxygen atoms in total. The molecule has 1 aliphatic rings. The molecule has 1 atom stereocenters. The van der Waals surface area contributed by atoms with E-state index in [1.54, 1.807) is 24.9 Å². The molecule has 114 valence electrons. The second kappa shape index (κ2) is 6.38. The van der Waals surface area contributed by atoms with Gasteiger partial charge in [-0.15, -0.1) is 0 Å². The minimum atomic E-state index is -0.890. The number of Topliss-reactive ketones (excluding diaryl/α,β-unsaturated/α-hetero) is 1. The second-order valence-electron chi connectivity index (χ2n) is 4.80. The maximum absolute atomic E-state index is 12.1. The number of urea groups is 1. The van der Waals surface area contributed by atoms with Crippen LogP contribution in [0, 0.1) is 5.92 Å². The van der Waals surface area contributed by atoms with Crippen molar-refractivity contribution in [2.45, 2.75) is 13.3 Å². The number of aromatic nitrogens is 2. The lowest BCUT2D eigenvalue weighted by Gasteiger charge is -2.30. The Labute approximate surface area is 122 Å². The minimum absolute atomic E-state index is 0.0454. The lowest BCUT2D eigenvalue weighted by molar-refractivity contribution is -0.153. The predicted octanol–water partition coefficient (Wildman–Crippen LogP) is 0.406. The predicted molar refractivity (Wildman–Crippen MR) is 73.5 cm³/mol. The normalized spacial score (nSPS) is 18.5. The van der Waals surface area contributed by atoms with Gasteiger partial charge < -0.3 is 15.0 Å². The molecule has 0 spiro atoms. The van der Waals surface area contributed by atoms with E-state index in [1.807, 2.05) is 0 Å². The van der Waals surface area contributed by atoms with E-state index in [4.69, 9.17) is 4.74 Å². The molecule has 8 heteroatoms. The Balaban J connectivity index is 1.98. The maximum atomic E-state index is 12.1. The lowest BCUT2D eigenvalue weighted by Crippen LogP contribution is -2.48. The number of aryl methyl sites for hydroxylation is 1. The third-order valence-corrected chi connectivity index (χ3v) is 3.23. The first-order valence-corrected chi connectivity index (χ1v) is 6.75. The van der Waals surface area contributed by atoms with E-state index < -0.39 is 11.9 Å². The highest BCUT2D eigenvalue weighted by molar-refractivity contribution is 6.01. The van der Waals surface area contributed by atoms with Crippen molar-refractivity contribution in [3.8, 4) is 0 Å². The van der Waals surface area contributed by atoms with Crippen molar-refractivity contribution in [2.75, 3.05) is 25.0 Å². The van der Waals surface area contributed by atoms with Gasteiger partial charge in [0.1, 0.15) is 5.92 Å². The SMILES string of the molecule is CCOC(=O)C1CN(C(=O)Nc2cnn(C)c2)CCC1=O. The van der Waals surface area contributed by atoms with Crippen molar-refractivity contribution in [1.82, 2.24) is 14.7 Å². The zero-order valence-corrected chi connectivity index (χ0v) is 12.0. The van der Waals surface area contributed by atoms with Crippen LogP contribution in [-0.2, 0) is 21.4 Å². The van der Waals surface area contributed by atoms with E-state index >= 15 is 0 Å². The summed E-state index contributed by atoms with van der Waals surface area (Å²) in [5.41, 5.74) is 0.562. The van der Waals surface area contributed by atoms with Gasteiger partial charge in [0.2, 0.25) is 0 Å². The molecule has 0 radical (unpaired) electrons. The molecule has 1 N–H and O–H groups in total. The topological polar surface area (TPSA) is 93.5 Å². The molecule has 21 heavy (non-hydrogen) atoms. The Kier molecular flexibility index (Phi) is 4.56. The summed E-state index contributed by atoms with van der Waals surface area (Å²) in [4.78, 5) is 37.1. The number of hydrogen-bond acceptors (Lipinski definition) is 5. The van der Waals surface area contributed by atoms with E-state index in [0.29, 0.717) is 12.2 Å². The van der Waals surface area contributed by atoms with Crippen molar-refractivity contribution < 1.29 is 19.1 Å². The number of ether oxygens (including phenoxy) is 1. The molecule has 0 saturated carbocycles. The smallest absolute Gasteiger partial charge is 0.321 e. The number of carbonyl (C=O) groups excluding carboxylic acids is 3. The molecule has 0 aromatic carbocycles. The van der Waals surface area contributed by atoms with Crippen LogP contribution in [0.4, 0.5) is 10.5 Å². The van der Waals surface area contributed by atoms with Gasteiger partial charge in [0.05, 0.1) is 18.5 Å². The Morgan fingerprint density at radius 2 is 2.29 bits per heavy atom. The van der Waals surface area contributed by atoms with Gasteiger partial charge in [0.25, 0.3) is 0 Å². The van der Waals surface area contributed by atoms with E-state index in [9.17, 15) is 14.4 Å². The van der Waals surface area contributed by atoms with Gasteiger partial charge in [0.15, 0.2) is 5.78 Å². The van der Waals surface area contributed by atoms with E-state index in [0.717, 1.165) is 0 Å². The number of piperidine rings is 1. The summed E-state index contributed by atoms with van der Waals surface area (Å²) in [5.74, 6) is -1.64. The monoisotopic (exact) mass is 294 g/mol. The molecule has 1 unspecified atom stereocenters. The largest absolute Gasteiger partial charge is 0.465 e. The number of amides is 2. The standard InChI is InChI=1S/C13H18N4O4/c1-3-21-12(19)10-8-17(5-4-11(10)18)13(20)15-9-6-14-16(2)7-9/h6-7,10H,3-5,8H2,1-2H3,(H,15,20). The first kappa shape index (κ1) is 15.0. The van der Waals surface area contributed by atoms with Crippen molar-refractivity contribution >= 4 is 23.5 Å². The molecular weight excluding hydrogens is 276 g/mol. The van der Waals surface area contributed by atoms with E-state index in [-0.39, 0.29) is 31.4 Å². The number of anilines is 1. The van der Waals surface area contributed by atoms with Gasteiger partial charge >= 0.3 is 12.0 Å². The number of esters is 1. The average molecular weight is 294 g/mol. The quantitative estimate of drug-likeness (QED) is 0.643. The highest BCUT2D eigenvalue weighted by Gasteiger charge is 2.35. The van der Waals surface area contributed by atoms with Crippen LogP contribution in [0.25, 0.3) is 0 Å². The fraction of sp³-hybridized carbons (Fsp3) is 0.538. The molecule has 0 bridgehead atoms. The van der Waals surface area contributed by atoms with Gasteiger partial charge in [-0.2, -0.15) is 5.10 Å². The first-order valence-electron chi connectivity index (χ1n) is 6.75. The Hall–Kier alpha value is -2.38. The maximum Gasteiger partial charge on any atom is 0.321 e. The van der Waals surface area contributed by atoms with Gasteiger partial charge in [0, 0.05) is 32.8 Å². The third-order valence-electron chi connectivity index (χ3n) is 3.23. The summed E-state index contributed by atoms with van der Waals surface area (Å²) in [6.45, 7) is 2.23. The number of carbonyl (C=O) groups is 3. The summed E-state index contributed by atoms with van der Waals surface area (Å²) in [5, 5.41) is 6.63. The van der Waals surface area contributed by atoms with E-state index in [1.165, 1.54) is 11.1 Å². The highest BCUT2D eigenvalue weighted by Crippen LogP contribution is 2.16. The van der Waals surface area contributed by atoms with Gasteiger partial charge in [-0.25, -0.2) is 4.79 Å². The van der Waals surface area contributed by atoms with Crippen LogP contribution in [0.15, 0.2) is 12.4 Å². The van der Waals surface area contributed by atoms with Gasteiger partial charge in [-0.3, -0.25) is 14.3 Å². The molecule has 1 aliphatic heterocycles. The summed E-state index contributed by atoms with van der Waals surface area (Å²) in [6.07, 6.45) is 3.34. The van der Waals surface area contributed by atoms with Crippen molar-refractivity contribution in [1.29, 1.82) is 0 Å². The molecule has 2 amide bonds. The number of nitrogens with zero attached hydrogens (tertiary/aromatic N) is 3. The number of ketones is 1. The minimum Gasteiger partial charge on any atom is -0.465 e. The lowest BCUT2D eigenvalue weighted by atomic mass is 9.97. The number of nitrogens with one attached hydrogen (secondary N) is 1. The Morgan fingerprint density at radius 1 is 1.52 bits per heavy atom. The number of hydrogen-bond donors (Lipinski definition) is 1. The average Bonchev–Trinajstić information content (AvgIpc) is 2.84. The van der Waals surface area contributed by atoms with Gasteiger partial charge in [-0.05, 0) is 6.92 Å². The van der Waals surface area contributed by atoms with Crippen LogP contribution >= 0.6 is 0 Å². The van der Waals surface area contributed by atoms with Crippen LogP contribution in [0.5, 0.6) is 0 Å². The summed E-state index contributed by atoms with van der Waals surface area (Å²) in [6, 6.07) is -0.357. The van der Waals surface area contributed by atoms with Crippen LogP contribution in [0.2, 0.25) is 0 Å². The molecule has 2 heterocycles. The molecule has 1 fully saturated rings. The van der Waals surface area contributed by atoms with Crippen molar-refractivity contribution in [3.05, 3.63) is 12.4 Å². The number of rotatable bonds is 3. The van der Waals surface area contributed by atoms with Crippen LogP contribution < -0.4 is 5.32 Å². The fourth-order valence-corrected chi connectivity index (χ4v) is 2.15. The Bertz CT molecular complexity index is 554. The van der Waals surface area contributed by atoms with Crippen LogP contribution in [0.3, 0.4) is 0 Å². The van der Waals surface area contributed by atoms with Crippen LogP contribution in [-0.4, -0.2) is 52.2 Å². The van der Waals surface area contributed by atoms with Crippen molar-refractivity contribution in [3.63, 3.8) is 0 Å². The Morgan fingerprint density at radius 3 is 2.90 bits per heavy atom. The van der Waals surface area contributed by atoms with Crippen molar-refractivity contribution in [2.24, 2.45) is 13.0 Å². The molecular formula is C13H18N4O4. The summed E-state index contributed by atoms with van der Waals surface area (Å²) in [7, 11) is 1.74. The highest BCUT2D eigenvalue weighted by atomic mass is 16.5. The van der Waals surface area contributed by atoms with E-state index in [2.05, 4.69) is 10.4 Å². The third kappa shape index (κ3) is 3.59. The first-order chi connectivity index (χ1) is 10.0. The molecule has 0 aliphatic carbocycles. The summed E-state index contributed by atoms with van der Waals surface area (Å²) >= 11 is 0. The van der Waals surface area contributed by atoms with Gasteiger partial charge in [-0.1, -0.05) is 0 Å².